The third kappa shape index (κ3) is 1.43. The Hall–Kier alpha value is -0.650. The fraction of sp³-hybridized carbons (Fsp3) is 0.875. The number of nitrogens with zero attached hydrogens (tertiary/aromatic N) is 1. The molecule has 0 aromatic heterocycles. The predicted molar refractivity (Wildman–Crippen MR) is 44.4 cm³/mol. The van der Waals surface area contributed by atoms with Crippen molar-refractivity contribution in [2.75, 3.05) is 27.4 Å². The summed E-state index contributed by atoms with van der Waals surface area (Å²) < 4.78 is 15.5. The van der Waals surface area contributed by atoms with Gasteiger partial charge in [0.2, 0.25) is 0 Å². The molecular weight excluding hydrogens is 174 g/mol. The zero-order valence-electron chi connectivity index (χ0n) is 7.73. The van der Waals surface area contributed by atoms with Crippen LogP contribution in [0.3, 0.4) is 0 Å². The largest absolute Gasteiger partial charge is 0.389 e. The molecule has 2 aliphatic heterocycles. The number of ether oxygens (including phenoxy) is 3. The highest BCUT2D eigenvalue weighted by Gasteiger charge is 2.42. The Balaban J connectivity index is 2.06. The van der Waals surface area contributed by atoms with Crippen LogP contribution in [0.2, 0.25) is 0 Å². The van der Waals surface area contributed by atoms with Gasteiger partial charge in [0.25, 0.3) is 0 Å². The van der Waals surface area contributed by atoms with Crippen LogP contribution in [-0.4, -0.2) is 45.5 Å². The Morgan fingerprint density at radius 1 is 1.38 bits per heavy atom. The van der Waals surface area contributed by atoms with Crippen molar-refractivity contribution >= 4 is 5.71 Å². The minimum atomic E-state index is -0.406. The number of fused-ring (bicyclic) bond motifs is 1. The van der Waals surface area contributed by atoms with E-state index < -0.39 is 6.29 Å². The van der Waals surface area contributed by atoms with Gasteiger partial charge in [-0.15, -0.1) is 0 Å². The molecule has 0 aromatic carbocycles. The topological polar surface area (TPSA) is 49.3 Å². The third-order valence-corrected chi connectivity index (χ3v) is 2.37. The van der Waals surface area contributed by atoms with Crippen molar-refractivity contribution < 1.29 is 19.0 Å². The number of oxime groups is 1. The van der Waals surface area contributed by atoms with Crippen LogP contribution in [-0.2, 0) is 19.0 Å². The summed E-state index contributed by atoms with van der Waals surface area (Å²) in [7, 11) is 3.17. The number of hydrogen-bond acceptors (Lipinski definition) is 5. The van der Waals surface area contributed by atoms with Crippen LogP contribution >= 0.6 is 0 Å². The quantitative estimate of drug-likeness (QED) is 0.584. The Labute approximate surface area is 76.6 Å². The van der Waals surface area contributed by atoms with E-state index in [0.717, 1.165) is 5.71 Å². The number of rotatable bonds is 3. The van der Waals surface area contributed by atoms with Crippen LogP contribution in [0.4, 0.5) is 0 Å². The number of methoxy groups -OCH3 is 2. The molecule has 0 aromatic rings. The van der Waals surface area contributed by atoms with Gasteiger partial charge in [-0.1, -0.05) is 5.16 Å². The van der Waals surface area contributed by atoms with Crippen molar-refractivity contribution in [3.05, 3.63) is 0 Å². The van der Waals surface area contributed by atoms with E-state index in [9.17, 15) is 0 Å². The molecule has 2 rings (SSSR count). The van der Waals surface area contributed by atoms with Gasteiger partial charge >= 0.3 is 0 Å². The minimum absolute atomic E-state index is 0.0581. The van der Waals surface area contributed by atoms with Crippen molar-refractivity contribution in [2.45, 2.75) is 12.4 Å². The lowest BCUT2D eigenvalue weighted by Gasteiger charge is -2.15. The average Bonchev–Trinajstić information content (AvgIpc) is 2.70. The van der Waals surface area contributed by atoms with E-state index >= 15 is 0 Å². The molecule has 13 heavy (non-hydrogen) atoms. The molecule has 2 unspecified atom stereocenters. The Morgan fingerprint density at radius 2 is 2.15 bits per heavy atom. The normalized spacial score (nSPS) is 31.8. The molecule has 0 saturated carbocycles. The van der Waals surface area contributed by atoms with Crippen molar-refractivity contribution in [3.8, 4) is 0 Å². The molecule has 0 spiro atoms. The van der Waals surface area contributed by atoms with Crippen molar-refractivity contribution in [1.82, 2.24) is 0 Å². The van der Waals surface area contributed by atoms with Crippen LogP contribution < -0.4 is 0 Å². The van der Waals surface area contributed by atoms with Gasteiger partial charge in [-0.25, -0.2) is 0 Å². The molecule has 0 aliphatic carbocycles. The fourth-order valence-corrected chi connectivity index (χ4v) is 1.67. The first-order chi connectivity index (χ1) is 6.36. The number of hydrogen-bond donors (Lipinski definition) is 0. The first-order valence-electron chi connectivity index (χ1n) is 4.23. The second-order valence-corrected chi connectivity index (χ2v) is 3.11. The molecule has 74 valence electrons. The SMILES string of the molecule is COC(OC)C1=NOC2COCC12. The first kappa shape index (κ1) is 8.93. The molecule has 0 N–H and O–H groups in total. The highest BCUT2D eigenvalue weighted by Crippen LogP contribution is 2.27. The maximum absolute atomic E-state index is 5.26. The van der Waals surface area contributed by atoms with Crippen LogP contribution in [0.25, 0.3) is 0 Å². The van der Waals surface area contributed by atoms with E-state index in [1.54, 1.807) is 14.2 Å². The summed E-state index contributed by atoms with van der Waals surface area (Å²) in [5.74, 6) is 0.199. The first-order valence-corrected chi connectivity index (χ1v) is 4.23. The average molecular weight is 187 g/mol. The lowest BCUT2D eigenvalue weighted by atomic mass is 10.0. The van der Waals surface area contributed by atoms with Crippen LogP contribution in [0.15, 0.2) is 5.16 Å². The monoisotopic (exact) mass is 187 g/mol. The van der Waals surface area contributed by atoms with E-state index in [-0.39, 0.29) is 12.0 Å². The van der Waals surface area contributed by atoms with Crippen molar-refractivity contribution in [2.24, 2.45) is 11.1 Å². The molecule has 5 nitrogen and oxygen atoms in total. The highest BCUT2D eigenvalue weighted by molar-refractivity contribution is 5.91. The second kappa shape index (κ2) is 3.61. The van der Waals surface area contributed by atoms with Gasteiger partial charge < -0.3 is 19.0 Å². The molecular formula is C8H13NO4. The highest BCUT2D eigenvalue weighted by atomic mass is 16.7. The summed E-state index contributed by atoms with van der Waals surface area (Å²) in [6.45, 7) is 1.25. The van der Waals surface area contributed by atoms with E-state index in [4.69, 9.17) is 19.0 Å². The zero-order valence-corrected chi connectivity index (χ0v) is 7.73. The van der Waals surface area contributed by atoms with Crippen molar-refractivity contribution in [3.63, 3.8) is 0 Å². The summed E-state index contributed by atoms with van der Waals surface area (Å²) in [4.78, 5) is 5.18. The van der Waals surface area contributed by atoms with Crippen LogP contribution in [0.5, 0.6) is 0 Å². The predicted octanol–water partition coefficient (Wildman–Crippen LogP) is 0.00650. The molecule has 0 radical (unpaired) electrons. The second-order valence-electron chi connectivity index (χ2n) is 3.11. The van der Waals surface area contributed by atoms with Gasteiger partial charge in [0, 0.05) is 14.2 Å². The molecule has 5 heteroatoms. The summed E-state index contributed by atoms with van der Waals surface area (Å²) in [6, 6.07) is 0. The smallest absolute Gasteiger partial charge is 0.200 e. The van der Waals surface area contributed by atoms with Gasteiger partial charge in [0.05, 0.1) is 19.1 Å². The molecule has 2 aliphatic rings. The van der Waals surface area contributed by atoms with Crippen LogP contribution in [0.1, 0.15) is 0 Å². The molecule has 2 atom stereocenters. The van der Waals surface area contributed by atoms with Gasteiger partial charge in [-0.05, 0) is 0 Å². The Kier molecular flexibility index (Phi) is 2.48. The standard InChI is InChI=1S/C8H13NO4/c1-10-8(11-2)7-5-3-12-4-6(5)13-9-7/h5-6,8H,3-4H2,1-2H3. The minimum Gasteiger partial charge on any atom is -0.389 e. The van der Waals surface area contributed by atoms with Crippen LogP contribution in [0, 0.1) is 5.92 Å². The fourth-order valence-electron chi connectivity index (χ4n) is 1.67. The van der Waals surface area contributed by atoms with E-state index in [1.807, 2.05) is 0 Å². The van der Waals surface area contributed by atoms with Gasteiger partial charge in [0.15, 0.2) is 12.4 Å². The Morgan fingerprint density at radius 3 is 2.85 bits per heavy atom. The van der Waals surface area contributed by atoms with Gasteiger partial charge in [-0.2, -0.15) is 0 Å². The lowest BCUT2D eigenvalue weighted by molar-refractivity contribution is -0.0549. The van der Waals surface area contributed by atoms with E-state index in [1.165, 1.54) is 0 Å². The maximum Gasteiger partial charge on any atom is 0.200 e. The lowest BCUT2D eigenvalue weighted by Crippen LogP contribution is -2.33. The van der Waals surface area contributed by atoms with Gasteiger partial charge in [0.1, 0.15) is 5.71 Å². The maximum atomic E-state index is 5.26. The van der Waals surface area contributed by atoms with E-state index in [2.05, 4.69) is 5.16 Å². The summed E-state index contributed by atoms with van der Waals surface area (Å²) in [5, 5.41) is 3.95. The molecule has 1 fully saturated rings. The summed E-state index contributed by atoms with van der Waals surface area (Å²) in [5.41, 5.74) is 0.799. The third-order valence-electron chi connectivity index (χ3n) is 2.37. The summed E-state index contributed by atoms with van der Waals surface area (Å²) >= 11 is 0. The molecule has 0 amide bonds. The zero-order chi connectivity index (χ0) is 9.26. The van der Waals surface area contributed by atoms with E-state index in [0.29, 0.717) is 13.2 Å². The Bertz CT molecular complexity index is 214. The summed E-state index contributed by atoms with van der Waals surface area (Å²) in [6.07, 6.45) is -0.348. The van der Waals surface area contributed by atoms with Crippen molar-refractivity contribution in [1.29, 1.82) is 0 Å². The molecule has 0 bridgehead atoms. The van der Waals surface area contributed by atoms with Gasteiger partial charge in [-0.3, -0.25) is 0 Å². The molecule has 2 heterocycles. The molecule has 1 saturated heterocycles.